The minimum atomic E-state index is -0.777. The lowest BCUT2D eigenvalue weighted by molar-refractivity contribution is -0.137. The number of hydrogen-bond donors (Lipinski definition) is 2. The normalized spacial score (nSPS) is 24.0. The lowest BCUT2D eigenvalue weighted by Gasteiger charge is -2.38. The zero-order valence-electron chi connectivity index (χ0n) is 10.3. The highest BCUT2D eigenvalue weighted by molar-refractivity contribution is 6.33. The summed E-state index contributed by atoms with van der Waals surface area (Å²) in [5, 5.41) is 12.9. The number of nitrogens with zero attached hydrogens (tertiary/aromatic N) is 1. The van der Waals surface area contributed by atoms with E-state index in [0.717, 1.165) is 12.2 Å². The van der Waals surface area contributed by atoms with Crippen molar-refractivity contribution in [1.29, 1.82) is 0 Å². The number of anilines is 1. The molecular formula is C13H17ClN2O2. The highest BCUT2D eigenvalue weighted by Crippen LogP contribution is 2.27. The van der Waals surface area contributed by atoms with Crippen molar-refractivity contribution in [3.05, 3.63) is 29.3 Å². The number of rotatable bonds is 3. The van der Waals surface area contributed by atoms with E-state index in [1.165, 1.54) is 0 Å². The van der Waals surface area contributed by atoms with E-state index in [9.17, 15) is 4.79 Å². The summed E-state index contributed by atoms with van der Waals surface area (Å²) in [5.41, 5.74) is 0.975. The first-order valence-electron chi connectivity index (χ1n) is 6.03. The van der Waals surface area contributed by atoms with Crippen LogP contribution in [0.5, 0.6) is 0 Å². The van der Waals surface area contributed by atoms with E-state index in [1.807, 2.05) is 24.3 Å². The fraction of sp³-hybridized carbons (Fsp3) is 0.462. The molecule has 2 N–H and O–H groups in total. The maximum Gasteiger partial charge on any atom is 0.304 e. The van der Waals surface area contributed by atoms with Crippen LogP contribution in [0.3, 0.4) is 0 Å². The van der Waals surface area contributed by atoms with E-state index in [4.69, 9.17) is 16.7 Å². The summed E-state index contributed by atoms with van der Waals surface area (Å²) in [6.07, 6.45) is 0.130. The maximum atomic E-state index is 10.8. The van der Waals surface area contributed by atoms with E-state index in [0.29, 0.717) is 11.6 Å². The van der Waals surface area contributed by atoms with Crippen LogP contribution in [0.4, 0.5) is 5.69 Å². The Bertz CT molecular complexity index is 439. The van der Waals surface area contributed by atoms with Crippen molar-refractivity contribution < 1.29 is 9.90 Å². The smallest absolute Gasteiger partial charge is 0.304 e. The Morgan fingerprint density at radius 2 is 2.22 bits per heavy atom. The van der Waals surface area contributed by atoms with E-state index in [-0.39, 0.29) is 18.5 Å². The second kappa shape index (κ2) is 5.59. The SMILES string of the molecule is CC1CN(c2ccccc2Cl)CC(CC(=O)O)N1. The second-order valence-electron chi connectivity index (χ2n) is 4.72. The van der Waals surface area contributed by atoms with Crippen LogP contribution in [0.2, 0.25) is 5.02 Å². The third-order valence-corrected chi connectivity index (χ3v) is 3.39. The summed E-state index contributed by atoms with van der Waals surface area (Å²) in [4.78, 5) is 12.9. The molecule has 2 atom stereocenters. The fourth-order valence-electron chi connectivity index (χ4n) is 2.42. The Morgan fingerprint density at radius 1 is 1.50 bits per heavy atom. The summed E-state index contributed by atoms with van der Waals surface area (Å²) < 4.78 is 0. The van der Waals surface area contributed by atoms with Crippen molar-refractivity contribution in [2.75, 3.05) is 18.0 Å². The van der Waals surface area contributed by atoms with Gasteiger partial charge in [0, 0.05) is 25.2 Å². The highest BCUT2D eigenvalue weighted by Gasteiger charge is 2.26. The lowest BCUT2D eigenvalue weighted by Crippen LogP contribution is -2.56. The Hall–Kier alpha value is -1.26. The molecular weight excluding hydrogens is 252 g/mol. The molecule has 18 heavy (non-hydrogen) atoms. The number of piperazine rings is 1. The number of carboxylic acid groups (broad SMARTS) is 1. The van der Waals surface area contributed by atoms with Crippen molar-refractivity contribution in [2.45, 2.75) is 25.4 Å². The largest absolute Gasteiger partial charge is 0.481 e. The Labute approximate surface area is 112 Å². The van der Waals surface area contributed by atoms with E-state index >= 15 is 0 Å². The second-order valence-corrected chi connectivity index (χ2v) is 5.13. The number of hydrogen-bond acceptors (Lipinski definition) is 3. The first kappa shape index (κ1) is 13.2. The Kier molecular flexibility index (Phi) is 4.09. The maximum absolute atomic E-state index is 10.8. The molecule has 1 aromatic rings. The van der Waals surface area contributed by atoms with Crippen molar-refractivity contribution in [3.63, 3.8) is 0 Å². The number of halogens is 1. The molecule has 1 heterocycles. The molecule has 0 amide bonds. The van der Waals surface area contributed by atoms with Crippen molar-refractivity contribution in [3.8, 4) is 0 Å². The van der Waals surface area contributed by atoms with Crippen LogP contribution in [-0.2, 0) is 4.79 Å². The standard InChI is InChI=1S/C13H17ClN2O2/c1-9-7-16(8-10(15-9)6-13(17)18)12-5-3-2-4-11(12)14/h2-5,9-10,15H,6-8H2,1H3,(H,17,18). The van der Waals surface area contributed by atoms with Gasteiger partial charge in [-0.2, -0.15) is 0 Å². The highest BCUT2D eigenvalue weighted by atomic mass is 35.5. The third kappa shape index (κ3) is 3.15. The molecule has 1 aromatic carbocycles. The van der Waals surface area contributed by atoms with Crippen LogP contribution in [0.1, 0.15) is 13.3 Å². The summed E-state index contributed by atoms with van der Waals surface area (Å²) in [6.45, 7) is 3.55. The molecule has 1 saturated heterocycles. The monoisotopic (exact) mass is 268 g/mol. The molecule has 2 rings (SSSR count). The third-order valence-electron chi connectivity index (χ3n) is 3.07. The van der Waals surface area contributed by atoms with E-state index in [1.54, 1.807) is 0 Å². The van der Waals surface area contributed by atoms with Gasteiger partial charge < -0.3 is 15.3 Å². The number of carboxylic acids is 1. The number of para-hydroxylation sites is 1. The molecule has 1 aliphatic rings. The summed E-state index contributed by atoms with van der Waals surface area (Å²) >= 11 is 6.18. The molecule has 0 bridgehead atoms. The van der Waals surface area contributed by atoms with Crippen molar-refractivity contribution >= 4 is 23.3 Å². The van der Waals surface area contributed by atoms with Crippen LogP contribution in [0.15, 0.2) is 24.3 Å². The van der Waals surface area contributed by atoms with Crippen molar-refractivity contribution in [2.24, 2.45) is 0 Å². The number of nitrogens with one attached hydrogen (secondary N) is 1. The first-order valence-corrected chi connectivity index (χ1v) is 6.41. The van der Waals surface area contributed by atoms with Gasteiger partial charge in [0.15, 0.2) is 0 Å². The summed E-state index contributed by atoms with van der Waals surface area (Å²) in [5.74, 6) is -0.777. The van der Waals surface area contributed by atoms with Gasteiger partial charge in [-0.15, -0.1) is 0 Å². The number of aliphatic carboxylic acids is 1. The molecule has 0 spiro atoms. The average molecular weight is 269 g/mol. The quantitative estimate of drug-likeness (QED) is 0.880. The summed E-state index contributed by atoms with van der Waals surface area (Å²) in [7, 11) is 0. The van der Waals surface area contributed by atoms with Gasteiger partial charge in [0.05, 0.1) is 17.1 Å². The van der Waals surface area contributed by atoms with Crippen LogP contribution < -0.4 is 10.2 Å². The molecule has 0 saturated carbocycles. The van der Waals surface area contributed by atoms with Crippen molar-refractivity contribution in [1.82, 2.24) is 5.32 Å². The van der Waals surface area contributed by atoms with E-state index < -0.39 is 5.97 Å². The fourth-order valence-corrected chi connectivity index (χ4v) is 2.67. The van der Waals surface area contributed by atoms with Gasteiger partial charge >= 0.3 is 5.97 Å². The van der Waals surface area contributed by atoms with Gasteiger partial charge in [-0.1, -0.05) is 23.7 Å². The van der Waals surface area contributed by atoms with E-state index in [2.05, 4.69) is 17.1 Å². The van der Waals surface area contributed by atoms with Crippen LogP contribution >= 0.6 is 11.6 Å². The van der Waals surface area contributed by atoms with Crippen LogP contribution in [0.25, 0.3) is 0 Å². The minimum absolute atomic E-state index is 0.0393. The predicted octanol–water partition coefficient (Wildman–Crippen LogP) is 1.98. The predicted molar refractivity (Wildman–Crippen MR) is 72.3 cm³/mol. The molecule has 5 heteroatoms. The van der Waals surface area contributed by atoms with Gasteiger partial charge in [-0.25, -0.2) is 0 Å². The first-order chi connectivity index (χ1) is 8.56. The Morgan fingerprint density at radius 3 is 2.89 bits per heavy atom. The Balaban J connectivity index is 2.13. The topological polar surface area (TPSA) is 52.6 Å². The van der Waals surface area contributed by atoms with Gasteiger partial charge in [0.1, 0.15) is 0 Å². The van der Waals surface area contributed by atoms with Crippen LogP contribution in [0, 0.1) is 0 Å². The number of carbonyl (C=O) groups is 1. The van der Waals surface area contributed by atoms with Gasteiger partial charge in [-0.3, -0.25) is 4.79 Å². The molecule has 98 valence electrons. The van der Waals surface area contributed by atoms with Gasteiger partial charge in [-0.05, 0) is 19.1 Å². The molecule has 0 radical (unpaired) electrons. The lowest BCUT2D eigenvalue weighted by atomic mass is 10.1. The molecule has 1 aliphatic heterocycles. The average Bonchev–Trinajstić information content (AvgIpc) is 2.27. The van der Waals surface area contributed by atoms with Gasteiger partial charge in [0.2, 0.25) is 0 Å². The molecule has 0 aliphatic carbocycles. The zero-order chi connectivity index (χ0) is 13.1. The van der Waals surface area contributed by atoms with Gasteiger partial charge in [0.25, 0.3) is 0 Å². The zero-order valence-corrected chi connectivity index (χ0v) is 11.0. The molecule has 0 aromatic heterocycles. The van der Waals surface area contributed by atoms with Crippen LogP contribution in [-0.4, -0.2) is 36.2 Å². The minimum Gasteiger partial charge on any atom is -0.481 e. The molecule has 1 fully saturated rings. The summed E-state index contributed by atoms with van der Waals surface area (Å²) in [6, 6.07) is 7.88. The number of benzene rings is 1. The molecule has 4 nitrogen and oxygen atoms in total. The molecule has 2 unspecified atom stereocenters.